The van der Waals surface area contributed by atoms with Gasteiger partial charge in [0, 0.05) is 22.7 Å². The first-order chi connectivity index (χ1) is 16.4. The highest BCUT2D eigenvalue weighted by molar-refractivity contribution is 6.30. The zero-order chi connectivity index (χ0) is 25.6. The van der Waals surface area contributed by atoms with Gasteiger partial charge < -0.3 is 9.57 Å². The minimum absolute atomic E-state index is 0.179. The lowest BCUT2D eigenvalue weighted by Gasteiger charge is -2.30. The molecule has 0 amide bonds. The number of carbonyl (C=O) groups excluding carboxylic acids is 1. The summed E-state index contributed by atoms with van der Waals surface area (Å²) >= 11 is 5.70. The first-order valence-corrected chi connectivity index (χ1v) is 10.1. The summed E-state index contributed by atoms with van der Waals surface area (Å²) in [7, 11) is 1.21. The molecule has 1 aliphatic heterocycles. The van der Waals surface area contributed by atoms with Crippen LogP contribution in [-0.4, -0.2) is 34.4 Å². The van der Waals surface area contributed by atoms with Gasteiger partial charge in [0.25, 0.3) is 5.60 Å². The molecule has 13 heteroatoms. The maximum absolute atomic E-state index is 14.1. The van der Waals surface area contributed by atoms with Crippen molar-refractivity contribution in [3.05, 3.63) is 76.3 Å². The van der Waals surface area contributed by atoms with E-state index in [-0.39, 0.29) is 11.3 Å². The molecule has 0 N–H and O–H groups in total. The smallest absolute Gasteiger partial charge is 0.435 e. The highest BCUT2D eigenvalue weighted by atomic mass is 35.5. The number of hydrogen-bond donors (Lipinski definition) is 0. The number of nitrogens with zero attached hydrogens (tertiary/aromatic N) is 3. The van der Waals surface area contributed by atoms with E-state index < -0.39 is 46.5 Å². The molecule has 2 aromatic heterocycles. The van der Waals surface area contributed by atoms with Crippen LogP contribution in [0.3, 0.4) is 0 Å². The van der Waals surface area contributed by atoms with Crippen molar-refractivity contribution >= 4 is 34.9 Å². The van der Waals surface area contributed by atoms with Gasteiger partial charge in [0.1, 0.15) is 0 Å². The van der Waals surface area contributed by atoms with E-state index in [2.05, 4.69) is 10.1 Å². The summed E-state index contributed by atoms with van der Waals surface area (Å²) in [6.07, 6.45) is -5.48. The van der Waals surface area contributed by atoms with Gasteiger partial charge in [0.2, 0.25) is 0 Å². The molecular weight excluding hydrogens is 504 g/mol. The number of carbonyl (C=O) groups is 1. The SMILES string of the molecule is COC(=O)c1ccc(/C=C/C2=NOC(c3cc(Cl)cc(C(F)(F)F)c3)(C(F)(F)F)C2)n2cncc12. The Kier molecular flexibility index (Phi) is 6.04. The standard InChI is InChI=1S/C22H14ClF6N3O3/c1-34-19(33)17-5-4-16(32-11-30-10-18(17)32)3-2-15-9-20(35-31-15,22(27,28)29)12-6-13(21(24,25)26)8-14(23)7-12/h2-8,10-11H,9H2,1H3/b3-2+. The number of pyridine rings is 1. The largest absolute Gasteiger partial charge is 0.465 e. The molecule has 1 aliphatic rings. The number of aromatic nitrogens is 2. The summed E-state index contributed by atoms with van der Waals surface area (Å²) in [5.74, 6) is -0.602. The Balaban J connectivity index is 1.68. The molecule has 0 saturated carbocycles. The number of halogens is 7. The first kappa shape index (κ1) is 24.6. The molecule has 6 nitrogen and oxygen atoms in total. The van der Waals surface area contributed by atoms with Crippen LogP contribution >= 0.6 is 11.6 Å². The van der Waals surface area contributed by atoms with E-state index in [1.54, 1.807) is 0 Å². The van der Waals surface area contributed by atoms with Gasteiger partial charge in [-0.05, 0) is 42.5 Å². The Hall–Kier alpha value is -3.54. The third kappa shape index (κ3) is 4.45. The molecule has 35 heavy (non-hydrogen) atoms. The maximum atomic E-state index is 14.1. The molecule has 0 spiro atoms. The van der Waals surface area contributed by atoms with Crippen LogP contribution in [0, 0.1) is 0 Å². The van der Waals surface area contributed by atoms with Crippen LogP contribution in [-0.2, 0) is 21.4 Å². The van der Waals surface area contributed by atoms with Crippen molar-refractivity contribution in [2.45, 2.75) is 24.4 Å². The number of esters is 1. The fraction of sp³-hybridized carbons (Fsp3) is 0.227. The van der Waals surface area contributed by atoms with Gasteiger partial charge in [-0.2, -0.15) is 26.3 Å². The third-order valence-corrected chi connectivity index (χ3v) is 5.58. The highest BCUT2D eigenvalue weighted by Crippen LogP contribution is 2.49. The summed E-state index contributed by atoms with van der Waals surface area (Å²) in [5, 5.41) is 2.95. The summed E-state index contributed by atoms with van der Waals surface area (Å²) in [6.45, 7) is 0. The van der Waals surface area contributed by atoms with Crippen LogP contribution in [0.25, 0.3) is 11.6 Å². The predicted molar refractivity (Wildman–Crippen MR) is 113 cm³/mol. The van der Waals surface area contributed by atoms with Gasteiger partial charge in [-0.3, -0.25) is 4.40 Å². The third-order valence-electron chi connectivity index (χ3n) is 5.36. The van der Waals surface area contributed by atoms with Gasteiger partial charge >= 0.3 is 18.3 Å². The summed E-state index contributed by atoms with van der Waals surface area (Å²) < 4.78 is 88.1. The highest BCUT2D eigenvalue weighted by Gasteiger charge is 2.62. The Bertz CT molecular complexity index is 1360. The second-order valence-electron chi connectivity index (χ2n) is 7.55. The maximum Gasteiger partial charge on any atom is 0.435 e. The van der Waals surface area contributed by atoms with Crippen molar-refractivity contribution in [1.82, 2.24) is 9.38 Å². The van der Waals surface area contributed by atoms with Gasteiger partial charge in [-0.25, -0.2) is 9.78 Å². The molecule has 0 radical (unpaired) electrons. The quantitative estimate of drug-likeness (QED) is 0.313. The van der Waals surface area contributed by atoms with E-state index in [1.807, 2.05) is 0 Å². The molecule has 1 atom stereocenters. The van der Waals surface area contributed by atoms with E-state index in [9.17, 15) is 31.1 Å². The van der Waals surface area contributed by atoms with Crippen LogP contribution in [0.5, 0.6) is 0 Å². The molecule has 3 aromatic rings. The average Bonchev–Trinajstić information content (AvgIpc) is 3.44. The summed E-state index contributed by atoms with van der Waals surface area (Å²) in [6, 6.07) is 4.62. The number of methoxy groups -OCH3 is 1. The minimum Gasteiger partial charge on any atom is -0.465 e. The minimum atomic E-state index is -5.11. The van der Waals surface area contributed by atoms with Gasteiger partial charge in [0.05, 0.1) is 42.0 Å². The average molecular weight is 518 g/mol. The molecule has 0 bridgehead atoms. The summed E-state index contributed by atoms with van der Waals surface area (Å²) in [5.41, 5.74) is -4.45. The van der Waals surface area contributed by atoms with E-state index in [1.165, 1.54) is 48.3 Å². The van der Waals surface area contributed by atoms with E-state index in [0.717, 1.165) is 6.07 Å². The van der Waals surface area contributed by atoms with Crippen molar-refractivity contribution in [2.24, 2.45) is 5.16 Å². The molecule has 1 aromatic carbocycles. The van der Waals surface area contributed by atoms with Crippen molar-refractivity contribution in [2.75, 3.05) is 7.11 Å². The number of fused-ring (bicyclic) bond motifs is 1. The van der Waals surface area contributed by atoms with Gasteiger partial charge in [-0.15, -0.1) is 0 Å². The Morgan fingerprint density at radius 3 is 2.57 bits per heavy atom. The molecule has 0 saturated heterocycles. The molecule has 1 unspecified atom stereocenters. The van der Waals surface area contributed by atoms with Gasteiger partial charge in [0.15, 0.2) is 0 Å². The van der Waals surface area contributed by atoms with Crippen LogP contribution in [0.1, 0.15) is 33.6 Å². The van der Waals surface area contributed by atoms with E-state index >= 15 is 0 Å². The van der Waals surface area contributed by atoms with Gasteiger partial charge in [-0.1, -0.05) is 16.8 Å². The Labute approximate surface area is 198 Å². The number of hydrogen-bond acceptors (Lipinski definition) is 5. The zero-order valence-corrected chi connectivity index (χ0v) is 18.4. The number of allylic oxidation sites excluding steroid dienone is 1. The number of imidazole rings is 1. The van der Waals surface area contributed by atoms with Crippen molar-refractivity contribution in [3.8, 4) is 0 Å². The molecule has 0 fully saturated rings. The number of benzene rings is 1. The molecular formula is C22H14ClF6N3O3. The lowest BCUT2D eigenvalue weighted by Crippen LogP contribution is -2.42. The number of ether oxygens (including phenoxy) is 1. The van der Waals surface area contributed by atoms with Crippen molar-refractivity contribution < 1.29 is 40.7 Å². The lowest BCUT2D eigenvalue weighted by atomic mass is 9.87. The van der Waals surface area contributed by atoms with E-state index in [0.29, 0.717) is 23.3 Å². The normalized spacial score (nSPS) is 18.7. The number of alkyl halides is 6. The number of rotatable bonds is 4. The van der Waals surface area contributed by atoms with Crippen LogP contribution in [0.15, 0.2) is 54.1 Å². The monoisotopic (exact) mass is 517 g/mol. The van der Waals surface area contributed by atoms with E-state index in [4.69, 9.17) is 21.2 Å². The van der Waals surface area contributed by atoms with Crippen molar-refractivity contribution in [1.29, 1.82) is 0 Å². The van der Waals surface area contributed by atoms with Crippen LogP contribution < -0.4 is 0 Å². The molecule has 4 rings (SSSR count). The lowest BCUT2D eigenvalue weighted by molar-refractivity contribution is -0.276. The van der Waals surface area contributed by atoms with Crippen LogP contribution in [0.4, 0.5) is 26.3 Å². The zero-order valence-electron chi connectivity index (χ0n) is 17.6. The summed E-state index contributed by atoms with van der Waals surface area (Å²) in [4.78, 5) is 20.6. The molecule has 3 heterocycles. The Morgan fingerprint density at radius 1 is 1.17 bits per heavy atom. The first-order valence-electron chi connectivity index (χ1n) is 9.77. The van der Waals surface area contributed by atoms with Crippen molar-refractivity contribution in [3.63, 3.8) is 0 Å². The fourth-order valence-corrected chi connectivity index (χ4v) is 3.87. The van der Waals surface area contributed by atoms with Crippen LogP contribution in [0.2, 0.25) is 5.02 Å². The molecule has 0 aliphatic carbocycles. The molecule has 184 valence electrons. The second-order valence-corrected chi connectivity index (χ2v) is 7.98. The number of oxime groups is 1. The fourth-order valence-electron chi connectivity index (χ4n) is 3.64. The topological polar surface area (TPSA) is 65.2 Å². The predicted octanol–water partition coefficient (Wildman–Crippen LogP) is 6.04. The second kappa shape index (κ2) is 8.59. The Morgan fingerprint density at radius 2 is 1.91 bits per heavy atom.